The van der Waals surface area contributed by atoms with Crippen LogP contribution in [-0.4, -0.2) is 11.8 Å². The summed E-state index contributed by atoms with van der Waals surface area (Å²) in [6, 6.07) is 17.6. The minimum absolute atomic E-state index is 0.275. The van der Waals surface area contributed by atoms with E-state index in [0.717, 1.165) is 16.8 Å². The van der Waals surface area contributed by atoms with Gasteiger partial charge < -0.3 is 5.41 Å². The summed E-state index contributed by atoms with van der Waals surface area (Å²) in [5, 5.41) is 16.7. The average Bonchev–Trinajstić information content (AvgIpc) is 2.71. The molecule has 0 aliphatic carbocycles. The van der Waals surface area contributed by atoms with Crippen LogP contribution in [0.4, 0.5) is 5.69 Å². The number of nitrogens with zero attached hydrogens (tertiary/aromatic N) is 2. The highest BCUT2D eigenvalue weighted by Gasteiger charge is 2.13. The smallest absolute Gasteiger partial charge is 0.127 e. The Morgan fingerprint density at radius 2 is 1.75 bits per heavy atom. The predicted octanol–water partition coefficient (Wildman–Crippen LogP) is 4.43. The minimum Gasteiger partial charge on any atom is -0.307 e. The lowest BCUT2D eigenvalue weighted by atomic mass is 10.0. The average molecular weight is 261 g/mol. The molecule has 3 heteroatoms. The lowest BCUT2D eigenvalue weighted by molar-refractivity contribution is 0.946. The lowest BCUT2D eigenvalue weighted by Crippen LogP contribution is -2.16. The van der Waals surface area contributed by atoms with E-state index < -0.39 is 0 Å². The molecule has 1 N–H and O–H groups in total. The molecule has 0 amide bonds. The van der Waals surface area contributed by atoms with E-state index in [9.17, 15) is 0 Å². The Morgan fingerprint density at radius 1 is 1.00 bits per heavy atom. The first kappa shape index (κ1) is 12.5. The number of nitrogens with one attached hydrogen (secondary N) is 1. The van der Waals surface area contributed by atoms with Gasteiger partial charge >= 0.3 is 0 Å². The summed E-state index contributed by atoms with van der Waals surface area (Å²) in [5.41, 5.74) is 3.59. The summed E-state index contributed by atoms with van der Waals surface area (Å²) < 4.78 is 0. The van der Waals surface area contributed by atoms with E-state index in [2.05, 4.69) is 10.2 Å². The summed E-state index contributed by atoms with van der Waals surface area (Å²) in [6.07, 6.45) is 4.55. The van der Waals surface area contributed by atoms with Gasteiger partial charge in [0, 0.05) is 17.7 Å². The molecule has 0 saturated carbocycles. The van der Waals surface area contributed by atoms with Crippen molar-refractivity contribution in [2.75, 3.05) is 0 Å². The number of hydrogen-bond acceptors (Lipinski definition) is 3. The molecule has 3 nitrogen and oxygen atoms in total. The van der Waals surface area contributed by atoms with E-state index in [1.807, 2.05) is 66.7 Å². The molecule has 0 bridgehead atoms. The molecule has 0 saturated heterocycles. The maximum atomic E-state index is 8.22. The molecule has 1 heterocycles. The monoisotopic (exact) mass is 261 g/mol. The third-order valence-corrected chi connectivity index (χ3v) is 3.28. The quantitative estimate of drug-likeness (QED) is 0.795. The van der Waals surface area contributed by atoms with Crippen LogP contribution in [0, 0.1) is 5.41 Å². The first-order valence-corrected chi connectivity index (χ1v) is 6.62. The van der Waals surface area contributed by atoms with Crippen LogP contribution in [0.2, 0.25) is 0 Å². The Hall–Kier alpha value is -2.55. The normalized spacial score (nSPS) is 16.5. The van der Waals surface area contributed by atoms with Crippen molar-refractivity contribution in [2.24, 2.45) is 10.2 Å². The van der Waals surface area contributed by atoms with Crippen molar-refractivity contribution in [3.63, 3.8) is 0 Å². The van der Waals surface area contributed by atoms with Crippen molar-refractivity contribution >= 4 is 17.5 Å². The standard InChI is InChI=1S/C17H15N3/c18-15(12-13-6-2-1-3-7-13)17-11-10-14-8-4-5-9-16(14)19-20-17/h1-11,17-18H,12H2. The van der Waals surface area contributed by atoms with E-state index in [4.69, 9.17) is 5.41 Å². The van der Waals surface area contributed by atoms with Crippen LogP contribution in [0.5, 0.6) is 0 Å². The first-order valence-electron chi connectivity index (χ1n) is 6.62. The van der Waals surface area contributed by atoms with Gasteiger partial charge in [-0.25, -0.2) is 0 Å². The molecule has 0 radical (unpaired) electrons. The van der Waals surface area contributed by atoms with E-state index >= 15 is 0 Å². The lowest BCUT2D eigenvalue weighted by Gasteiger charge is -2.07. The van der Waals surface area contributed by atoms with Gasteiger partial charge in [-0.05, 0) is 11.6 Å². The second-order valence-electron chi connectivity index (χ2n) is 4.77. The Balaban J connectivity index is 1.78. The Labute approximate surface area is 118 Å². The molecular weight excluding hydrogens is 246 g/mol. The highest BCUT2D eigenvalue weighted by Crippen LogP contribution is 2.24. The summed E-state index contributed by atoms with van der Waals surface area (Å²) in [4.78, 5) is 0. The van der Waals surface area contributed by atoms with Gasteiger partial charge in [0.15, 0.2) is 0 Å². The molecule has 0 fully saturated rings. The van der Waals surface area contributed by atoms with Crippen molar-refractivity contribution in [1.29, 1.82) is 5.41 Å². The fourth-order valence-electron chi connectivity index (χ4n) is 2.18. The Kier molecular flexibility index (Phi) is 3.50. The highest BCUT2D eigenvalue weighted by molar-refractivity contribution is 5.91. The second-order valence-corrected chi connectivity index (χ2v) is 4.77. The molecule has 0 aromatic heterocycles. The van der Waals surface area contributed by atoms with E-state index in [0.29, 0.717) is 12.1 Å². The maximum Gasteiger partial charge on any atom is 0.127 e. The molecule has 1 atom stereocenters. The largest absolute Gasteiger partial charge is 0.307 e. The first-order chi connectivity index (χ1) is 9.83. The minimum atomic E-state index is -0.275. The molecule has 2 aromatic rings. The number of rotatable bonds is 3. The summed E-state index contributed by atoms with van der Waals surface area (Å²) in [6.45, 7) is 0. The summed E-state index contributed by atoms with van der Waals surface area (Å²) in [7, 11) is 0. The number of azo groups is 1. The number of hydrogen-bond donors (Lipinski definition) is 1. The molecule has 0 spiro atoms. The van der Waals surface area contributed by atoms with E-state index in [1.165, 1.54) is 0 Å². The van der Waals surface area contributed by atoms with Crippen LogP contribution < -0.4 is 0 Å². The zero-order valence-corrected chi connectivity index (χ0v) is 11.0. The van der Waals surface area contributed by atoms with Gasteiger partial charge in [0.05, 0.1) is 5.69 Å². The van der Waals surface area contributed by atoms with Crippen LogP contribution >= 0.6 is 0 Å². The zero-order chi connectivity index (χ0) is 13.8. The third kappa shape index (κ3) is 2.72. The van der Waals surface area contributed by atoms with Gasteiger partial charge in [0.2, 0.25) is 0 Å². The summed E-state index contributed by atoms with van der Waals surface area (Å²) in [5.74, 6) is 0. The molecule has 20 heavy (non-hydrogen) atoms. The van der Waals surface area contributed by atoms with Crippen LogP contribution in [-0.2, 0) is 6.42 Å². The SMILES string of the molecule is N=C(Cc1ccccc1)C1C=Cc2ccccc2N=N1. The van der Waals surface area contributed by atoms with Gasteiger partial charge in [-0.2, -0.15) is 10.2 Å². The van der Waals surface area contributed by atoms with Crippen LogP contribution in [0.25, 0.3) is 6.08 Å². The molecule has 1 aliphatic heterocycles. The topological polar surface area (TPSA) is 48.6 Å². The number of fused-ring (bicyclic) bond motifs is 1. The Bertz CT molecular complexity index is 639. The van der Waals surface area contributed by atoms with Crippen molar-refractivity contribution in [2.45, 2.75) is 12.5 Å². The van der Waals surface area contributed by atoms with Gasteiger partial charge in [-0.3, -0.25) is 0 Å². The molecule has 2 aromatic carbocycles. The van der Waals surface area contributed by atoms with Crippen molar-refractivity contribution in [3.05, 3.63) is 71.8 Å². The maximum absolute atomic E-state index is 8.22. The zero-order valence-electron chi connectivity index (χ0n) is 11.0. The van der Waals surface area contributed by atoms with Gasteiger partial charge in [-0.1, -0.05) is 60.7 Å². The molecule has 1 aliphatic rings. The Morgan fingerprint density at radius 3 is 2.60 bits per heavy atom. The molecule has 98 valence electrons. The third-order valence-electron chi connectivity index (χ3n) is 3.28. The molecule has 3 rings (SSSR count). The van der Waals surface area contributed by atoms with Crippen molar-refractivity contribution < 1.29 is 0 Å². The predicted molar refractivity (Wildman–Crippen MR) is 81.7 cm³/mol. The van der Waals surface area contributed by atoms with Crippen LogP contribution in [0.15, 0.2) is 70.9 Å². The van der Waals surface area contributed by atoms with Crippen LogP contribution in [0.3, 0.4) is 0 Å². The van der Waals surface area contributed by atoms with Gasteiger partial charge in [-0.15, -0.1) is 0 Å². The number of benzene rings is 2. The van der Waals surface area contributed by atoms with Gasteiger partial charge in [0.25, 0.3) is 0 Å². The van der Waals surface area contributed by atoms with E-state index in [-0.39, 0.29) is 6.04 Å². The van der Waals surface area contributed by atoms with Gasteiger partial charge in [0.1, 0.15) is 6.04 Å². The molecule has 1 unspecified atom stereocenters. The summed E-state index contributed by atoms with van der Waals surface area (Å²) >= 11 is 0. The fraction of sp³-hybridized carbons (Fsp3) is 0.118. The van der Waals surface area contributed by atoms with Crippen molar-refractivity contribution in [3.8, 4) is 0 Å². The fourth-order valence-corrected chi connectivity index (χ4v) is 2.18. The van der Waals surface area contributed by atoms with Crippen LogP contribution in [0.1, 0.15) is 11.1 Å². The van der Waals surface area contributed by atoms with Crippen molar-refractivity contribution in [1.82, 2.24) is 0 Å². The second kappa shape index (κ2) is 5.61. The van der Waals surface area contributed by atoms with E-state index in [1.54, 1.807) is 0 Å². The molecular formula is C17H15N3. The highest BCUT2D eigenvalue weighted by atomic mass is 15.1.